The summed E-state index contributed by atoms with van der Waals surface area (Å²) in [5, 5.41) is -0.640. The fourth-order valence-corrected chi connectivity index (χ4v) is 3.32. The van der Waals surface area contributed by atoms with Gasteiger partial charge in [0.1, 0.15) is 5.76 Å². The van der Waals surface area contributed by atoms with Gasteiger partial charge in [0.2, 0.25) is 5.75 Å². The normalized spacial score (nSPS) is 13.2. The Kier molecular flexibility index (Phi) is 5.87. The zero-order chi connectivity index (χ0) is 24.8. The van der Waals surface area contributed by atoms with Crippen LogP contribution >= 0.6 is 0 Å². The van der Waals surface area contributed by atoms with E-state index in [2.05, 4.69) is 8.37 Å². The molecule has 3 aromatic rings. The fraction of sp³-hybridized carbons (Fsp3) is 0.118. The molecule has 0 aliphatic carbocycles. The standard InChI is InChI=1S/C17H8F6O8S2/c18-16(19,20)32(25,26)30-12-7-6-10-11(24)8-13(9-4-2-1-3-5-9)29-14(10)15(12)31-33(27,28)17(21,22)23/h1-8H. The third kappa shape index (κ3) is 4.75. The van der Waals surface area contributed by atoms with Crippen LogP contribution in [0.15, 0.2) is 57.7 Å². The number of rotatable bonds is 5. The Bertz CT molecular complexity index is 1470. The third-order valence-corrected chi connectivity index (χ3v) is 5.75. The number of halogens is 6. The van der Waals surface area contributed by atoms with Gasteiger partial charge in [-0.2, -0.15) is 43.2 Å². The molecule has 0 saturated carbocycles. The van der Waals surface area contributed by atoms with Gasteiger partial charge < -0.3 is 12.8 Å². The van der Waals surface area contributed by atoms with Crippen LogP contribution in [-0.2, 0) is 20.2 Å². The van der Waals surface area contributed by atoms with Gasteiger partial charge in [-0.1, -0.05) is 30.3 Å². The Morgan fingerprint density at radius 3 is 1.85 bits per heavy atom. The highest BCUT2D eigenvalue weighted by molar-refractivity contribution is 7.88. The second kappa shape index (κ2) is 7.95. The lowest BCUT2D eigenvalue weighted by atomic mass is 10.1. The predicted octanol–water partition coefficient (Wildman–Crippen LogP) is 3.92. The van der Waals surface area contributed by atoms with E-state index in [0.29, 0.717) is 12.1 Å². The number of alkyl halides is 6. The topological polar surface area (TPSA) is 117 Å². The number of benzene rings is 2. The highest BCUT2D eigenvalue weighted by Gasteiger charge is 2.51. The average molecular weight is 518 g/mol. The van der Waals surface area contributed by atoms with Crippen molar-refractivity contribution in [2.24, 2.45) is 0 Å². The molecular formula is C17H8F6O8S2. The Labute approximate surface area is 180 Å². The van der Waals surface area contributed by atoms with Crippen molar-refractivity contribution in [3.8, 4) is 22.8 Å². The molecular weight excluding hydrogens is 510 g/mol. The molecule has 0 unspecified atom stereocenters. The van der Waals surface area contributed by atoms with Crippen molar-refractivity contribution in [2.45, 2.75) is 11.0 Å². The van der Waals surface area contributed by atoms with E-state index in [1.54, 1.807) is 6.07 Å². The van der Waals surface area contributed by atoms with Crippen molar-refractivity contribution in [1.29, 1.82) is 0 Å². The summed E-state index contributed by atoms with van der Waals surface area (Å²) in [6.07, 6.45) is 0. The summed E-state index contributed by atoms with van der Waals surface area (Å²) >= 11 is 0. The molecule has 33 heavy (non-hydrogen) atoms. The quantitative estimate of drug-likeness (QED) is 0.284. The lowest BCUT2D eigenvalue weighted by molar-refractivity contribution is -0.0512. The van der Waals surface area contributed by atoms with Crippen LogP contribution in [0.1, 0.15) is 0 Å². The molecule has 178 valence electrons. The molecule has 0 bridgehead atoms. The smallest absolute Gasteiger partial charge is 0.452 e. The lowest BCUT2D eigenvalue weighted by Gasteiger charge is -2.16. The summed E-state index contributed by atoms with van der Waals surface area (Å²) < 4.78 is 135. The lowest BCUT2D eigenvalue weighted by Crippen LogP contribution is -2.30. The van der Waals surface area contributed by atoms with Crippen LogP contribution < -0.4 is 13.8 Å². The van der Waals surface area contributed by atoms with Gasteiger partial charge in [-0.25, -0.2) is 0 Å². The van der Waals surface area contributed by atoms with E-state index < -0.39 is 59.1 Å². The first-order chi connectivity index (χ1) is 15.0. The van der Waals surface area contributed by atoms with Gasteiger partial charge in [0.05, 0.1) is 5.39 Å². The summed E-state index contributed by atoms with van der Waals surface area (Å²) in [4.78, 5) is 12.4. The summed E-state index contributed by atoms with van der Waals surface area (Å²) in [6.45, 7) is 0. The van der Waals surface area contributed by atoms with Gasteiger partial charge in [-0.3, -0.25) is 4.79 Å². The molecule has 16 heteroatoms. The SMILES string of the molecule is O=c1cc(-c2ccccc2)oc2c(OS(=O)(=O)C(F)(F)F)c(OS(=O)(=O)C(F)(F)F)ccc12. The van der Waals surface area contributed by atoms with Gasteiger partial charge in [0.25, 0.3) is 0 Å². The maximum atomic E-state index is 12.9. The van der Waals surface area contributed by atoms with E-state index >= 15 is 0 Å². The van der Waals surface area contributed by atoms with Gasteiger partial charge in [-0.15, -0.1) is 0 Å². The fourth-order valence-electron chi connectivity index (χ4n) is 2.39. The molecule has 0 atom stereocenters. The molecule has 8 nitrogen and oxygen atoms in total. The molecule has 1 aromatic heterocycles. The molecule has 0 amide bonds. The number of hydrogen-bond acceptors (Lipinski definition) is 8. The van der Waals surface area contributed by atoms with Crippen LogP contribution in [0.3, 0.4) is 0 Å². The zero-order valence-corrected chi connectivity index (χ0v) is 17.1. The largest absolute Gasteiger partial charge is 0.534 e. The molecule has 0 saturated heterocycles. The van der Waals surface area contributed by atoms with Gasteiger partial charge in [0.15, 0.2) is 16.8 Å². The van der Waals surface area contributed by atoms with Gasteiger partial charge in [0, 0.05) is 11.6 Å². The molecule has 3 rings (SSSR count). The number of fused-ring (bicyclic) bond motifs is 1. The predicted molar refractivity (Wildman–Crippen MR) is 99.1 cm³/mol. The first-order valence-electron chi connectivity index (χ1n) is 8.21. The van der Waals surface area contributed by atoms with E-state index in [0.717, 1.165) is 6.07 Å². The van der Waals surface area contributed by atoms with Gasteiger partial charge in [-0.05, 0) is 12.1 Å². The molecule has 0 N–H and O–H groups in total. The van der Waals surface area contributed by atoms with Crippen LogP contribution in [-0.4, -0.2) is 27.9 Å². The maximum absolute atomic E-state index is 12.9. The third-order valence-electron chi connectivity index (χ3n) is 3.83. The van der Waals surface area contributed by atoms with Crippen LogP contribution in [0.5, 0.6) is 11.5 Å². The van der Waals surface area contributed by atoms with Crippen molar-refractivity contribution in [3.63, 3.8) is 0 Å². The van der Waals surface area contributed by atoms with E-state index in [-0.39, 0.29) is 11.3 Å². The van der Waals surface area contributed by atoms with E-state index in [1.807, 2.05) is 0 Å². The van der Waals surface area contributed by atoms with Crippen molar-refractivity contribution < 1.29 is 56.0 Å². The minimum Gasteiger partial charge on any atom is -0.452 e. The highest BCUT2D eigenvalue weighted by Crippen LogP contribution is 2.41. The molecule has 1 heterocycles. The van der Waals surface area contributed by atoms with E-state index in [4.69, 9.17) is 4.42 Å². The Hall–Kier alpha value is -3.27. The average Bonchev–Trinajstić information content (AvgIpc) is 2.68. The second-order valence-electron chi connectivity index (χ2n) is 6.08. The van der Waals surface area contributed by atoms with Crippen molar-refractivity contribution in [1.82, 2.24) is 0 Å². The van der Waals surface area contributed by atoms with Gasteiger partial charge >= 0.3 is 31.3 Å². The Balaban J connectivity index is 2.36. The first kappa shape index (κ1) is 24.4. The van der Waals surface area contributed by atoms with E-state index in [1.165, 1.54) is 24.3 Å². The van der Waals surface area contributed by atoms with E-state index in [9.17, 15) is 48.0 Å². The first-order valence-corrected chi connectivity index (χ1v) is 11.0. The van der Waals surface area contributed by atoms with Crippen molar-refractivity contribution in [2.75, 3.05) is 0 Å². The van der Waals surface area contributed by atoms with Crippen LogP contribution in [0.4, 0.5) is 26.3 Å². The second-order valence-corrected chi connectivity index (χ2v) is 9.15. The maximum Gasteiger partial charge on any atom is 0.534 e. The number of hydrogen-bond donors (Lipinski definition) is 0. The summed E-state index contributed by atoms with van der Waals surface area (Å²) in [5.74, 6) is -3.70. The zero-order valence-electron chi connectivity index (χ0n) is 15.5. The highest BCUT2D eigenvalue weighted by atomic mass is 32.2. The summed E-state index contributed by atoms with van der Waals surface area (Å²) in [7, 11) is -13.0. The summed E-state index contributed by atoms with van der Waals surface area (Å²) in [5.41, 5.74) is -14.0. The monoisotopic (exact) mass is 518 g/mol. The molecule has 0 spiro atoms. The summed E-state index contributed by atoms with van der Waals surface area (Å²) in [6, 6.07) is 9.10. The molecule has 0 aliphatic rings. The van der Waals surface area contributed by atoms with Crippen LogP contribution in [0, 0.1) is 0 Å². The Morgan fingerprint density at radius 1 is 0.758 bits per heavy atom. The minimum atomic E-state index is -6.56. The molecule has 0 aliphatic heterocycles. The molecule has 0 radical (unpaired) electrons. The van der Waals surface area contributed by atoms with Crippen molar-refractivity contribution >= 4 is 31.2 Å². The Morgan fingerprint density at radius 2 is 1.30 bits per heavy atom. The molecule has 2 aromatic carbocycles. The minimum absolute atomic E-state index is 0.162. The van der Waals surface area contributed by atoms with Crippen LogP contribution in [0.25, 0.3) is 22.3 Å². The molecule has 0 fully saturated rings. The van der Waals surface area contributed by atoms with Crippen molar-refractivity contribution in [3.05, 3.63) is 58.8 Å². The van der Waals surface area contributed by atoms with Crippen LogP contribution in [0.2, 0.25) is 0 Å².